The fourth-order valence-corrected chi connectivity index (χ4v) is 2.07. The van der Waals surface area contributed by atoms with Crippen LogP contribution in [0.4, 0.5) is 10.1 Å². The van der Waals surface area contributed by atoms with E-state index in [4.69, 9.17) is 23.2 Å². The Labute approximate surface area is 115 Å². The lowest BCUT2D eigenvalue weighted by Crippen LogP contribution is -2.04. The van der Waals surface area contributed by atoms with Crippen LogP contribution in [0.15, 0.2) is 30.5 Å². The van der Waals surface area contributed by atoms with Gasteiger partial charge in [0, 0.05) is 23.3 Å². The molecule has 0 radical (unpaired) electrons. The molecular weight excluding hydrogens is 274 g/mol. The van der Waals surface area contributed by atoms with Crippen LogP contribution in [0, 0.1) is 12.7 Å². The molecule has 0 unspecified atom stereocenters. The Morgan fingerprint density at radius 1 is 1.28 bits per heavy atom. The van der Waals surface area contributed by atoms with Gasteiger partial charge < -0.3 is 5.32 Å². The summed E-state index contributed by atoms with van der Waals surface area (Å²) in [6.45, 7) is 2.21. The molecule has 0 bridgehead atoms. The Kier molecular flexibility index (Phi) is 4.04. The molecule has 1 aromatic carbocycles. The minimum atomic E-state index is -0.301. The zero-order chi connectivity index (χ0) is 13.1. The molecule has 2 aromatic rings. The predicted molar refractivity (Wildman–Crippen MR) is 72.7 cm³/mol. The van der Waals surface area contributed by atoms with Gasteiger partial charge in [0.2, 0.25) is 0 Å². The van der Waals surface area contributed by atoms with Crippen LogP contribution in [0.25, 0.3) is 0 Å². The molecule has 1 N–H and O–H groups in total. The SMILES string of the molecule is Cc1ccnc(Cl)c1NCc1cc(Cl)ccc1F. The molecule has 1 aromatic heterocycles. The first-order valence-electron chi connectivity index (χ1n) is 5.37. The average molecular weight is 285 g/mol. The van der Waals surface area contributed by atoms with Crippen LogP contribution in [0.1, 0.15) is 11.1 Å². The van der Waals surface area contributed by atoms with Crippen molar-refractivity contribution in [2.24, 2.45) is 0 Å². The lowest BCUT2D eigenvalue weighted by molar-refractivity contribution is 0.613. The minimum Gasteiger partial charge on any atom is -0.378 e. The maximum Gasteiger partial charge on any atom is 0.152 e. The second kappa shape index (κ2) is 5.55. The topological polar surface area (TPSA) is 24.9 Å². The van der Waals surface area contributed by atoms with Gasteiger partial charge in [-0.05, 0) is 36.8 Å². The van der Waals surface area contributed by atoms with Gasteiger partial charge in [0.15, 0.2) is 5.15 Å². The van der Waals surface area contributed by atoms with Crippen molar-refractivity contribution in [2.75, 3.05) is 5.32 Å². The average Bonchev–Trinajstić information content (AvgIpc) is 2.33. The molecule has 1 heterocycles. The quantitative estimate of drug-likeness (QED) is 0.843. The van der Waals surface area contributed by atoms with Crippen molar-refractivity contribution < 1.29 is 4.39 Å². The van der Waals surface area contributed by atoms with E-state index < -0.39 is 0 Å². The van der Waals surface area contributed by atoms with Crippen molar-refractivity contribution in [1.29, 1.82) is 0 Å². The first kappa shape index (κ1) is 13.1. The van der Waals surface area contributed by atoms with Crippen molar-refractivity contribution in [3.63, 3.8) is 0 Å². The molecule has 2 nitrogen and oxygen atoms in total. The van der Waals surface area contributed by atoms with E-state index in [1.54, 1.807) is 12.3 Å². The van der Waals surface area contributed by atoms with Crippen LogP contribution in [0.3, 0.4) is 0 Å². The van der Waals surface area contributed by atoms with Gasteiger partial charge in [-0.2, -0.15) is 0 Å². The van der Waals surface area contributed by atoms with Crippen molar-refractivity contribution >= 4 is 28.9 Å². The molecule has 0 fully saturated rings. The molecule has 0 spiro atoms. The summed E-state index contributed by atoms with van der Waals surface area (Å²) in [6, 6.07) is 6.28. The number of anilines is 1. The summed E-state index contributed by atoms with van der Waals surface area (Å²) >= 11 is 11.8. The standard InChI is InChI=1S/C13H11Cl2FN2/c1-8-4-5-17-13(15)12(8)18-7-9-6-10(14)2-3-11(9)16/h2-6,18H,7H2,1H3. The van der Waals surface area contributed by atoms with Crippen molar-refractivity contribution in [2.45, 2.75) is 13.5 Å². The van der Waals surface area contributed by atoms with Gasteiger partial charge >= 0.3 is 0 Å². The zero-order valence-electron chi connectivity index (χ0n) is 9.67. The van der Waals surface area contributed by atoms with E-state index in [9.17, 15) is 4.39 Å². The minimum absolute atomic E-state index is 0.301. The smallest absolute Gasteiger partial charge is 0.152 e. The van der Waals surface area contributed by atoms with Crippen LogP contribution in [0.5, 0.6) is 0 Å². The molecule has 94 valence electrons. The van der Waals surface area contributed by atoms with Crippen molar-refractivity contribution in [3.8, 4) is 0 Å². The number of nitrogens with zero attached hydrogens (tertiary/aromatic N) is 1. The van der Waals surface area contributed by atoms with Crippen LogP contribution in [-0.2, 0) is 6.54 Å². The monoisotopic (exact) mass is 284 g/mol. The number of aryl methyl sites for hydroxylation is 1. The number of nitrogens with one attached hydrogen (secondary N) is 1. The van der Waals surface area contributed by atoms with Gasteiger partial charge in [-0.3, -0.25) is 0 Å². The summed E-state index contributed by atoms with van der Waals surface area (Å²) in [5.74, 6) is -0.301. The van der Waals surface area contributed by atoms with Gasteiger partial charge in [-0.1, -0.05) is 23.2 Å². The molecule has 2 rings (SSSR count). The third-order valence-electron chi connectivity index (χ3n) is 2.58. The van der Waals surface area contributed by atoms with E-state index in [1.165, 1.54) is 12.1 Å². The zero-order valence-corrected chi connectivity index (χ0v) is 11.2. The molecule has 0 aliphatic rings. The summed E-state index contributed by atoms with van der Waals surface area (Å²) in [4.78, 5) is 3.98. The largest absolute Gasteiger partial charge is 0.378 e. The number of rotatable bonds is 3. The van der Waals surface area contributed by atoms with E-state index in [0.717, 1.165) is 5.56 Å². The molecular formula is C13H11Cl2FN2. The highest BCUT2D eigenvalue weighted by molar-refractivity contribution is 6.32. The lowest BCUT2D eigenvalue weighted by atomic mass is 10.2. The summed E-state index contributed by atoms with van der Waals surface area (Å²) in [7, 11) is 0. The van der Waals surface area contributed by atoms with Gasteiger partial charge in [-0.25, -0.2) is 9.37 Å². The van der Waals surface area contributed by atoms with E-state index in [1.807, 2.05) is 13.0 Å². The molecule has 18 heavy (non-hydrogen) atoms. The van der Waals surface area contributed by atoms with Crippen LogP contribution >= 0.6 is 23.2 Å². The number of hydrogen-bond acceptors (Lipinski definition) is 2. The van der Waals surface area contributed by atoms with E-state index in [0.29, 0.717) is 28.0 Å². The van der Waals surface area contributed by atoms with Crippen molar-refractivity contribution in [1.82, 2.24) is 4.98 Å². The predicted octanol–water partition coefficient (Wildman–Crippen LogP) is 4.45. The summed E-state index contributed by atoms with van der Waals surface area (Å²) in [5, 5.41) is 3.95. The highest BCUT2D eigenvalue weighted by Crippen LogP contribution is 2.24. The maximum atomic E-state index is 13.5. The third kappa shape index (κ3) is 2.92. The second-order valence-corrected chi connectivity index (χ2v) is 4.68. The molecule has 0 amide bonds. The van der Waals surface area contributed by atoms with Crippen molar-refractivity contribution in [3.05, 3.63) is 57.6 Å². The first-order chi connectivity index (χ1) is 8.58. The molecule has 5 heteroatoms. The number of halogens is 3. The Morgan fingerprint density at radius 3 is 2.78 bits per heavy atom. The normalized spacial score (nSPS) is 10.4. The van der Waals surface area contributed by atoms with Gasteiger partial charge in [0.1, 0.15) is 5.82 Å². The van der Waals surface area contributed by atoms with E-state index >= 15 is 0 Å². The third-order valence-corrected chi connectivity index (χ3v) is 3.10. The first-order valence-corrected chi connectivity index (χ1v) is 6.12. The molecule has 0 aliphatic heterocycles. The Morgan fingerprint density at radius 2 is 2.06 bits per heavy atom. The maximum absolute atomic E-state index is 13.5. The van der Waals surface area contributed by atoms with Crippen LogP contribution in [-0.4, -0.2) is 4.98 Å². The fraction of sp³-hybridized carbons (Fsp3) is 0.154. The van der Waals surface area contributed by atoms with Gasteiger partial charge in [-0.15, -0.1) is 0 Å². The summed E-state index contributed by atoms with van der Waals surface area (Å²) < 4.78 is 13.5. The van der Waals surface area contributed by atoms with Crippen LogP contribution < -0.4 is 5.32 Å². The fourth-order valence-electron chi connectivity index (χ4n) is 1.60. The Bertz CT molecular complexity index is 553. The Balaban J connectivity index is 2.19. The Hall–Kier alpha value is -1.32. The number of aromatic nitrogens is 1. The molecule has 0 saturated heterocycles. The lowest BCUT2D eigenvalue weighted by Gasteiger charge is -2.11. The summed E-state index contributed by atoms with van der Waals surface area (Å²) in [6.07, 6.45) is 1.63. The van der Waals surface area contributed by atoms with Gasteiger partial charge in [0.25, 0.3) is 0 Å². The number of hydrogen-bond donors (Lipinski definition) is 1. The highest BCUT2D eigenvalue weighted by atomic mass is 35.5. The van der Waals surface area contributed by atoms with Gasteiger partial charge in [0.05, 0.1) is 5.69 Å². The molecule has 0 saturated carbocycles. The number of benzene rings is 1. The summed E-state index contributed by atoms with van der Waals surface area (Å²) in [5.41, 5.74) is 2.15. The second-order valence-electron chi connectivity index (χ2n) is 3.88. The number of pyridine rings is 1. The molecule has 0 aliphatic carbocycles. The van der Waals surface area contributed by atoms with Crippen LogP contribution in [0.2, 0.25) is 10.2 Å². The molecule has 0 atom stereocenters. The van der Waals surface area contributed by atoms with E-state index in [-0.39, 0.29) is 5.82 Å². The van der Waals surface area contributed by atoms with E-state index in [2.05, 4.69) is 10.3 Å². The highest BCUT2D eigenvalue weighted by Gasteiger charge is 2.07.